The van der Waals surface area contributed by atoms with Gasteiger partial charge in [-0.1, -0.05) is 41.9 Å². The second-order valence-corrected chi connectivity index (χ2v) is 8.21. The number of morpholine rings is 1. The molecule has 2 aromatic rings. The van der Waals surface area contributed by atoms with E-state index in [9.17, 15) is 4.79 Å². The zero-order chi connectivity index (χ0) is 22.2. The van der Waals surface area contributed by atoms with Gasteiger partial charge in [-0.05, 0) is 50.1 Å². The Bertz CT molecular complexity index is 891. The summed E-state index contributed by atoms with van der Waals surface area (Å²) in [5.41, 5.74) is 2.75. The molecule has 1 amide bonds. The summed E-state index contributed by atoms with van der Waals surface area (Å²) in [6, 6.07) is 15.4. The minimum atomic E-state index is 0.0480. The maximum absolute atomic E-state index is 12.8. The minimum Gasteiger partial charge on any atom is -0.372 e. The SMILES string of the molecule is CCNC(=NCc1ccc(C(=O)N2CC(C)OC(C)C2)cc1)NCc1ccccc1Cl. The molecule has 2 N–H and O–H groups in total. The van der Waals surface area contributed by atoms with Crippen LogP contribution in [0.3, 0.4) is 0 Å². The molecule has 6 nitrogen and oxygen atoms in total. The number of halogens is 1. The van der Waals surface area contributed by atoms with Crippen molar-refractivity contribution in [2.24, 2.45) is 4.99 Å². The van der Waals surface area contributed by atoms with Crippen molar-refractivity contribution in [3.63, 3.8) is 0 Å². The van der Waals surface area contributed by atoms with Crippen LogP contribution in [0.5, 0.6) is 0 Å². The smallest absolute Gasteiger partial charge is 0.254 e. The molecule has 0 radical (unpaired) electrons. The largest absolute Gasteiger partial charge is 0.372 e. The van der Waals surface area contributed by atoms with Crippen LogP contribution in [0.2, 0.25) is 5.02 Å². The van der Waals surface area contributed by atoms with Gasteiger partial charge in [-0.15, -0.1) is 0 Å². The van der Waals surface area contributed by atoms with Gasteiger partial charge in [-0.2, -0.15) is 0 Å². The lowest BCUT2D eigenvalue weighted by Gasteiger charge is -2.35. The van der Waals surface area contributed by atoms with Crippen LogP contribution in [0.4, 0.5) is 0 Å². The van der Waals surface area contributed by atoms with Gasteiger partial charge in [0, 0.05) is 36.8 Å². The first kappa shape index (κ1) is 23.1. The van der Waals surface area contributed by atoms with Gasteiger partial charge in [0.25, 0.3) is 5.91 Å². The van der Waals surface area contributed by atoms with Gasteiger partial charge in [0.15, 0.2) is 5.96 Å². The van der Waals surface area contributed by atoms with Crippen LogP contribution < -0.4 is 10.6 Å². The highest BCUT2D eigenvalue weighted by atomic mass is 35.5. The second-order valence-electron chi connectivity index (χ2n) is 7.80. The fraction of sp³-hybridized carbons (Fsp3) is 0.417. The van der Waals surface area contributed by atoms with Crippen LogP contribution in [-0.2, 0) is 17.8 Å². The van der Waals surface area contributed by atoms with Gasteiger partial charge in [0.1, 0.15) is 0 Å². The molecule has 0 saturated carbocycles. The number of carbonyl (C=O) groups excluding carboxylic acids is 1. The average molecular weight is 443 g/mol. The minimum absolute atomic E-state index is 0.0480. The van der Waals surface area contributed by atoms with Gasteiger partial charge in [0.2, 0.25) is 0 Å². The molecule has 2 aromatic carbocycles. The first-order chi connectivity index (χ1) is 15.0. The number of hydrogen-bond acceptors (Lipinski definition) is 3. The maximum atomic E-state index is 12.8. The summed E-state index contributed by atoms with van der Waals surface area (Å²) in [5, 5.41) is 7.29. The van der Waals surface area contributed by atoms with Crippen molar-refractivity contribution in [1.29, 1.82) is 0 Å². The highest BCUT2D eigenvalue weighted by Gasteiger charge is 2.26. The van der Waals surface area contributed by atoms with Crippen LogP contribution in [0.1, 0.15) is 42.3 Å². The van der Waals surface area contributed by atoms with Crippen LogP contribution >= 0.6 is 11.6 Å². The Morgan fingerprint density at radius 2 is 1.77 bits per heavy atom. The topological polar surface area (TPSA) is 66.0 Å². The number of rotatable bonds is 6. The van der Waals surface area contributed by atoms with Crippen molar-refractivity contribution in [2.75, 3.05) is 19.6 Å². The zero-order valence-corrected chi connectivity index (χ0v) is 19.2. The summed E-state index contributed by atoms with van der Waals surface area (Å²) in [4.78, 5) is 19.3. The molecule has 1 aliphatic heterocycles. The Morgan fingerprint density at radius 3 is 2.42 bits per heavy atom. The quantitative estimate of drug-likeness (QED) is 0.527. The van der Waals surface area contributed by atoms with E-state index < -0.39 is 0 Å². The molecule has 31 heavy (non-hydrogen) atoms. The van der Waals surface area contributed by atoms with E-state index >= 15 is 0 Å². The van der Waals surface area contributed by atoms with Gasteiger partial charge in [-0.25, -0.2) is 4.99 Å². The number of benzene rings is 2. The van der Waals surface area contributed by atoms with Crippen molar-refractivity contribution in [3.05, 3.63) is 70.2 Å². The third kappa shape index (κ3) is 6.71. The number of nitrogens with one attached hydrogen (secondary N) is 2. The number of carbonyl (C=O) groups is 1. The summed E-state index contributed by atoms with van der Waals surface area (Å²) in [6.45, 7) is 9.14. The normalized spacial score (nSPS) is 19.2. The highest BCUT2D eigenvalue weighted by Crippen LogP contribution is 2.16. The number of amides is 1. The molecule has 7 heteroatoms. The van der Waals surface area contributed by atoms with Crippen LogP contribution in [0, 0.1) is 0 Å². The highest BCUT2D eigenvalue weighted by molar-refractivity contribution is 6.31. The molecule has 0 aromatic heterocycles. The molecular formula is C24H31ClN4O2. The zero-order valence-electron chi connectivity index (χ0n) is 18.4. The van der Waals surface area contributed by atoms with Crippen molar-refractivity contribution in [1.82, 2.24) is 15.5 Å². The Labute approximate surface area is 189 Å². The molecule has 1 fully saturated rings. The Balaban J connectivity index is 1.59. The first-order valence-corrected chi connectivity index (χ1v) is 11.1. The van der Waals surface area contributed by atoms with E-state index in [-0.39, 0.29) is 18.1 Å². The van der Waals surface area contributed by atoms with E-state index in [1.165, 1.54) is 0 Å². The molecule has 1 aliphatic rings. The average Bonchev–Trinajstić information content (AvgIpc) is 2.76. The van der Waals surface area contributed by atoms with Gasteiger partial charge in [-0.3, -0.25) is 4.79 Å². The van der Waals surface area contributed by atoms with Crippen LogP contribution in [-0.4, -0.2) is 48.6 Å². The predicted molar refractivity (Wildman–Crippen MR) is 125 cm³/mol. The third-order valence-electron chi connectivity index (χ3n) is 5.08. The fourth-order valence-electron chi connectivity index (χ4n) is 3.61. The summed E-state index contributed by atoms with van der Waals surface area (Å²) < 4.78 is 5.72. The van der Waals surface area contributed by atoms with Crippen molar-refractivity contribution < 1.29 is 9.53 Å². The van der Waals surface area contributed by atoms with Crippen molar-refractivity contribution in [2.45, 2.75) is 46.1 Å². The van der Waals surface area contributed by atoms with E-state index in [0.29, 0.717) is 31.7 Å². The molecule has 166 valence electrons. The Kier molecular flexibility index (Phi) is 8.32. The van der Waals surface area contributed by atoms with Crippen LogP contribution in [0.15, 0.2) is 53.5 Å². The molecule has 0 aliphatic carbocycles. The van der Waals surface area contributed by atoms with Crippen molar-refractivity contribution in [3.8, 4) is 0 Å². The first-order valence-electron chi connectivity index (χ1n) is 10.8. The number of hydrogen-bond donors (Lipinski definition) is 2. The van der Waals surface area contributed by atoms with E-state index in [2.05, 4.69) is 15.6 Å². The number of nitrogens with zero attached hydrogens (tertiary/aromatic N) is 2. The van der Waals surface area contributed by atoms with E-state index in [0.717, 1.165) is 28.7 Å². The van der Waals surface area contributed by atoms with Gasteiger partial charge in [0.05, 0.1) is 18.8 Å². The number of guanidine groups is 1. The lowest BCUT2D eigenvalue weighted by Crippen LogP contribution is -2.48. The fourth-order valence-corrected chi connectivity index (χ4v) is 3.81. The number of aliphatic imine (C=N–C) groups is 1. The predicted octanol–water partition coefficient (Wildman–Crippen LogP) is 3.84. The van der Waals surface area contributed by atoms with Crippen molar-refractivity contribution >= 4 is 23.5 Å². The summed E-state index contributed by atoms with van der Waals surface area (Å²) >= 11 is 6.23. The molecule has 1 saturated heterocycles. The van der Waals surface area contributed by atoms with E-state index in [1.54, 1.807) is 0 Å². The Hall–Kier alpha value is -2.57. The Morgan fingerprint density at radius 1 is 1.10 bits per heavy atom. The lowest BCUT2D eigenvalue weighted by molar-refractivity contribution is -0.0586. The molecule has 1 heterocycles. The summed E-state index contributed by atoms with van der Waals surface area (Å²) in [6.07, 6.45) is 0.119. The maximum Gasteiger partial charge on any atom is 0.254 e. The van der Waals surface area contributed by atoms with Crippen LogP contribution in [0.25, 0.3) is 0 Å². The molecule has 2 atom stereocenters. The number of ether oxygens (including phenoxy) is 1. The molecular weight excluding hydrogens is 412 g/mol. The molecule has 3 rings (SSSR count). The third-order valence-corrected chi connectivity index (χ3v) is 5.44. The lowest BCUT2D eigenvalue weighted by atomic mass is 10.1. The molecule has 0 spiro atoms. The monoisotopic (exact) mass is 442 g/mol. The van der Waals surface area contributed by atoms with E-state index in [1.807, 2.05) is 74.2 Å². The van der Waals surface area contributed by atoms with Gasteiger partial charge < -0.3 is 20.3 Å². The van der Waals surface area contributed by atoms with Gasteiger partial charge >= 0.3 is 0 Å². The summed E-state index contributed by atoms with van der Waals surface area (Å²) in [5.74, 6) is 0.769. The molecule has 0 bridgehead atoms. The second kappa shape index (κ2) is 11.2. The molecule has 2 unspecified atom stereocenters. The summed E-state index contributed by atoms with van der Waals surface area (Å²) in [7, 11) is 0. The van der Waals surface area contributed by atoms with E-state index in [4.69, 9.17) is 16.3 Å². The standard InChI is InChI=1S/C24H31ClN4O2/c1-4-26-24(28-14-21-7-5-6-8-22(21)25)27-13-19-9-11-20(12-10-19)23(30)29-15-17(2)31-18(3)16-29/h5-12,17-18H,4,13-16H2,1-3H3,(H2,26,27,28).